The van der Waals surface area contributed by atoms with Crippen LogP contribution in [-0.2, 0) is 0 Å². The molecular weight excluding hydrogens is 430 g/mol. The van der Waals surface area contributed by atoms with Crippen LogP contribution in [0.2, 0.25) is 0 Å². The molecule has 4 aromatic rings. The number of nitrogens with one attached hydrogen (secondary N) is 3. The molecule has 1 heterocycles. The lowest BCUT2D eigenvalue weighted by Gasteiger charge is -2.09. The molecule has 8 heteroatoms. The van der Waals surface area contributed by atoms with Crippen molar-refractivity contribution >= 4 is 23.3 Å². The lowest BCUT2D eigenvalue weighted by atomic mass is 10.1. The number of hydrogen-bond acceptors (Lipinski definition) is 4. The highest BCUT2D eigenvalue weighted by Crippen LogP contribution is 2.28. The van der Waals surface area contributed by atoms with E-state index in [1.807, 2.05) is 55.5 Å². The van der Waals surface area contributed by atoms with Gasteiger partial charge in [-0.05, 0) is 49.4 Å². The molecule has 0 unspecified atom stereocenters. The monoisotopic (exact) mass is 455 g/mol. The summed E-state index contributed by atoms with van der Waals surface area (Å²) in [4.78, 5) is 25.0. The Morgan fingerprint density at radius 1 is 0.912 bits per heavy atom. The average molecular weight is 456 g/mol. The zero-order valence-corrected chi connectivity index (χ0v) is 19.1. The fourth-order valence-electron chi connectivity index (χ4n) is 3.42. The van der Waals surface area contributed by atoms with Crippen molar-refractivity contribution in [3.63, 3.8) is 0 Å². The van der Waals surface area contributed by atoms with Crippen LogP contribution in [0.15, 0.2) is 79.0 Å². The SMILES string of the molecule is CNC(=O)Nc1cccc(NC(=O)c2cn(-c3ccc(C)cc3)nc2-c2cccc(OC)c2)c1. The van der Waals surface area contributed by atoms with Gasteiger partial charge in [-0.3, -0.25) is 4.79 Å². The normalized spacial score (nSPS) is 10.4. The summed E-state index contributed by atoms with van der Waals surface area (Å²) in [5.74, 6) is 0.343. The topological polar surface area (TPSA) is 97.3 Å². The summed E-state index contributed by atoms with van der Waals surface area (Å²) in [5, 5.41) is 12.8. The van der Waals surface area contributed by atoms with Crippen LogP contribution in [0, 0.1) is 6.92 Å². The average Bonchev–Trinajstić information content (AvgIpc) is 3.30. The standard InChI is InChI=1S/C26H25N5O3/c1-17-10-12-21(13-11-17)31-16-23(24(30-31)18-6-4-9-22(14-18)34-3)25(32)28-19-7-5-8-20(15-19)29-26(33)27-2/h4-16H,1-3H3,(H,28,32)(H2,27,29,33). The van der Waals surface area contributed by atoms with E-state index in [1.165, 1.54) is 7.05 Å². The van der Waals surface area contributed by atoms with Gasteiger partial charge in [0.05, 0.1) is 18.4 Å². The Morgan fingerprint density at radius 2 is 1.62 bits per heavy atom. The number of ether oxygens (including phenoxy) is 1. The van der Waals surface area contributed by atoms with E-state index in [9.17, 15) is 9.59 Å². The first-order valence-electron chi connectivity index (χ1n) is 10.7. The summed E-state index contributed by atoms with van der Waals surface area (Å²) in [6, 6.07) is 21.9. The molecule has 172 valence electrons. The van der Waals surface area contributed by atoms with E-state index in [4.69, 9.17) is 9.84 Å². The number of rotatable bonds is 6. The molecule has 0 saturated heterocycles. The van der Waals surface area contributed by atoms with Gasteiger partial charge in [-0.15, -0.1) is 0 Å². The largest absolute Gasteiger partial charge is 0.497 e. The summed E-state index contributed by atoms with van der Waals surface area (Å²) in [6.45, 7) is 2.01. The second-order valence-corrected chi connectivity index (χ2v) is 7.64. The van der Waals surface area contributed by atoms with Gasteiger partial charge in [-0.1, -0.05) is 35.9 Å². The highest BCUT2D eigenvalue weighted by atomic mass is 16.5. The predicted octanol–water partition coefficient (Wildman–Crippen LogP) is 4.86. The number of benzene rings is 3. The second kappa shape index (κ2) is 9.91. The number of aryl methyl sites for hydroxylation is 1. The molecule has 34 heavy (non-hydrogen) atoms. The van der Waals surface area contributed by atoms with Crippen LogP contribution in [0.4, 0.5) is 16.2 Å². The molecule has 0 atom stereocenters. The number of nitrogens with zero attached hydrogens (tertiary/aromatic N) is 2. The van der Waals surface area contributed by atoms with E-state index in [-0.39, 0.29) is 11.9 Å². The van der Waals surface area contributed by atoms with Gasteiger partial charge in [0.15, 0.2) is 0 Å². The number of anilines is 2. The van der Waals surface area contributed by atoms with Crippen molar-refractivity contribution in [1.82, 2.24) is 15.1 Å². The molecule has 0 aliphatic heterocycles. The Balaban J connectivity index is 1.70. The fourth-order valence-corrected chi connectivity index (χ4v) is 3.42. The molecule has 0 spiro atoms. The van der Waals surface area contributed by atoms with E-state index in [2.05, 4.69) is 16.0 Å². The fraction of sp³-hybridized carbons (Fsp3) is 0.115. The van der Waals surface area contributed by atoms with E-state index < -0.39 is 0 Å². The predicted molar refractivity (Wildman–Crippen MR) is 133 cm³/mol. The van der Waals surface area contributed by atoms with Crippen LogP contribution in [0.1, 0.15) is 15.9 Å². The molecule has 3 aromatic carbocycles. The van der Waals surface area contributed by atoms with E-state index >= 15 is 0 Å². The Kier molecular flexibility index (Phi) is 6.59. The third-order valence-corrected chi connectivity index (χ3v) is 5.21. The van der Waals surface area contributed by atoms with E-state index in [0.717, 1.165) is 16.8 Å². The summed E-state index contributed by atoms with van der Waals surface area (Å²) in [6.07, 6.45) is 1.71. The number of methoxy groups -OCH3 is 1. The highest BCUT2D eigenvalue weighted by molar-refractivity contribution is 6.08. The molecule has 8 nitrogen and oxygen atoms in total. The number of hydrogen-bond donors (Lipinski definition) is 3. The Labute approximate surface area is 197 Å². The molecule has 0 fully saturated rings. The molecule has 0 aliphatic rings. The van der Waals surface area contributed by atoms with Crippen molar-refractivity contribution in [3.05, 3.63) is 90.1 Å². The molecule has 0 radical (unpaired) electrons. The lowest BCUT2D eigenvalue weighted by Crippen LogP contribution is -2.24. The second-order valence-electron chi connectivity index (χ2n) is 7.64. The molecule has 4 rings (SSSR count). The van der Waals surface area contributed by atoms with Crippen LogP contribution in [0.5, 0.6) is 5.75 Å². The van der Waals surface area contributed by atoms with Crippen LogP contribution >= 0.6 is 0 Å². The van der Waals surface area contributed by atoms with Crippen molar-refractivity contribution in [2.75, 3.05) is 24.8 Å². The molecule has 3 N–H and O–H groups in total. The molecular formula is C26H25N5O3. The maximum atomic E-state index is 13.4. The third kappa shape index (κ3) is 5.07. The van der Waals surface area contributed by atoms with Crippen molar-refractivity contribution in [1.29, 1.82) is 0 Å². The minimum Gasteiger partial charge on any atom is -0.497 e. The van der Waals surface area contributed by atoms with Crippen LogP contribution in [-0.4, -0.2) is 35.9 Å². The minimum atomic E-state index is -0.344. The summed E-state index contributed by atoms with van der Waals surface area (Å²) >= 11 is 0. The summed E-state index contributed by atoms with van der Waals surface area (Å²) in [7, 11) is 3.13. The molecule has 0 saturated carbocycles. The lowest BCUT2D eigenvalue weighted by molar-refractivity contribution is 0.102. The zero-order valence-electron chi connectivity index (χ0n) is 19.1. The van der Waals surface area contributed by atoms with Crippen molar-refractivity contribution in [3.8, 4) is 22.7 Å². The Bertz CT molecular complexity index is 1330. The van der Waals surface area contributed by atoms with Gasteiger partial charge in [-0.25, -0.2) is 9.48 Å². The zero-order chi connectivity index (χ0) is 24.1. The van der Waals surface area contributed by atoms with E-state index in [0.29, 0.717) is 28.4 Å². The maximum Gasteiger partial charge on any atom is 0.318 e. The van der Waals surface area contributed by atoms with Crippen molar-refractivity contribution in [2.45, 2.75) is 6.92 Å². The summed E-state index contributed by atoms with van der Waals surface area (Å²) < 4.78 is 7.04. The number of amides is 3. The summed E-state index contributed by atoms with van der Waals surface area (Å²) in [5.41, 5.74) is 4.75. The molecule has 3 amide bonds. The van der Waals surface area contributed by atoms with Gasteiger partial charge in [0.2, 0.25) is 0 Å². The molecule has 0 aliphatic carbocycles. The Morgan fingerprint density at radius 3 is 2.32 bits per heavy atom. The first-order valence-corrected chi connectivity index (χ1v) is 10.7. The van der Waals surface area contributed by atoms with Crippen molar-refractivity contribution < 1.29 is 14.3 Å². The van der Waals surface area contributed by atoms with Gasteiger partial charge in [0, 0.05) is 30.2 Å². The number of urea groups is 1. The van der Waals surface area contributed by atoms with Gasteiger partial charge >= 0.3 is 6.03 Å². The minimum absolute atomic E-state index is 0.326. The maximum absolute atomic E-state index is 13.4. The number of carbonyl (C=O) groups is 2. The van der Waals surface area contributed by atoms with Gasteiger partial charge < -0.3 is 20.7 Å². The Hall–Kier alpha value is -4.59. The van der Waals surface area contributed by atoms with Crippen LogP contribution in [0.25, 0.3) is 16.9 Å². The molecule has 1 aromatic heterocycles. The van der Waals surface area contributed by atoms with E-state index in [1.54, 1.807) is 42.3 Å². The molecule has 0 bridgehead atoms. The third-order valence-electron chi connectivity index (χ3n) is 5.21. The number of aromatic nitrogens is 2. The van der Waals surface area contributed by atoms with Gasteiger partial charge in [-0.2, -0.15) is 5.10 Å². The number of carbonyl (C=O) groups excluding carboxylic acids is 2. The van der Waals surface area contributed by atoms with Gasteiger partial charge in [0.1, 0.15) is 11.4 Å². The van der Waals surface area contributed by atoms with Crippen LogP contribution in [0.3, 0.4) is 0 Å². The van der Waals surface area contributed by atoms with Gasteiger partial charge in [0.25, 0.3) is 5.91 Å². The highest BCUT2D eigenvalue weighted by Gasteiger charge is 2.19. The first-order chi connectivity index (χ1) is 16.5. The first kappa shape index (κ1) is 22.6. The van der Waals surface area contributed by atoms with Crippen molar-refractivity contribution in [2.24, 2.45) is 0 Å². The van der Waals surface area contributed by atoms with Crippen LogP contribution < -0.4 is 20.7 Å². The quantitative estimate of drug-likeness (QED) is 0.387. The smallest absolute Gasteiger partial charge is 0.318 e.